The summed E-state index contributed by atoms with van der Waals surface area (Å²) in [6.07, 6.45) is 43.7. The second kappa shape index (κ2) is 34.3. The molecule has 0 aliphatic carbocycles. The van der Waals surface area contributed by atoms with E-state index in [1.165, 1.54) is 193 Å². The Kier molecular flexibility index (Phi) is 29.9. The maximum atomic E-state index is 6.53. The summed E-state index contributed by atoms with van der Waals surface area (Å²) < 4.78 is 13.1. The lowest BCUT2D eigenvalue weighted by Gasteiger charge is -2.32. The predicted molar refractivity (Wildman–Crippen MR) is 265 cm³/mol. The molecule has 60 heavy (non-hydrogen) atoms. The van der Waals surface area contributed by atoms with Crippen LogP contribution in [0.1, 0.15) is 243 Å². The van der Waals surface area contributed by atoms with E-state index in [4.69, 9.17) is 32.7 Å². The average molecular weight is 864 g/mol. The number of rotatable bonds is 39. The van der Waals surface area contributed by atoms with Gasteiger partial charge in [-0.3, -0.25) is 0 Å². The van der Waals surface area contributed by atoms with E-state index in [0.717, 1.165) is 64.3 Å². The first-order chi connectivity index (χ1) is 29.5. The molecule has 0 aliphatic rings. The van der Waals surface area contributed by atoms with Gasteiger partial charge in [0.25, 0.3) is 0 Å². The molecule has 0 saturated heterocycles. The van der Waals surface area contributed by atoms with Crippen LogP contribution in [0, 0.1) is 0 Å². The van der Waals surface area contributed by atoms with Gasteiger partial charge in [0.05, 0.1) is 13.2 Å². The van der Waals surface area contributed by atoms with Gasteiger partial charge in [0.2, 0.25) is 0 Å². The molecule has 0 amide bonds. The fourth-order valence-corrected chi connectivity index (χ4v) is 9.03. The van der Waals surface area contributed by atoms with Gasteiger partial charge < -0.3 is 9.47 Å². The third-order valence-electron chi connectivity index (χ3n) is 12.8. The molecule has 0 unspecified atom stereocenters. The lowest BCUT2D eigenvalue weighted by molar-refractivity contribution is 0.288. The Morgan fingerprint density at radius 1 is 0.333 bits per heavy atom. The van der Waals surface area contributed by atoms with E-state index in [-0.39, 0.29) is 0 Å². The van der Waals surface area contributed by atoms with Crippen LogP contribution in [0.4, 0.5) is 0 Å². The first-order valence-corrected chi connectivity index (χ1v) is 26.2. The maximum absolute atomic E-state index is 6.53. The zero-order valence-corrected chi connectivity index (χ0v) is 40.5. The molecule has 3 aromatic rings. The second-order valence-corrected chi connectivity index (χ2v) is 19.0. The quantitative estimate of drug-likeness (QED) is 0.0420. The van der Waals surface area contributed by atoms with E-state index in [2.05, 4.69) is 63.2 Å². The van der Waals surface area contributed by atoms with Crippen LogP contribution in [-0.4, -0.2) is 13.2 Å². The molecule has 0 radical (unpaired) electrons. The van der Waals surface area contributed by atoms with Crippen LogP contribution < -0.4 is 9.47 Å². The molecule has 3 rings (SSSR count). The van der Waals surface area contributed by atoms with E-state index < -0.39 is 5.41 Å². The first kappa shape index (κ1) is 52.2. The van der Waals surface area contributed by atoms with Crippen LogP contribution in [-0.2, 0) is 5.41 Å². The lowest BCUT2D eigenvalue weighted by atomic mass is 9.71. The Hall–Kier alpha value is -2.16. The highest BCUT2D eigenvalue weighted by Gasteiger charge is 2.32. The molecule has 0 heterocycles. The monoisotopic (exact) mass is 863 g/mol. The Balaban J connectivity index is 1.45. The fourth-order valence-electron chi connectivity index (χ4n) is 8.77. The van der Waals surface area contributed by atoms with Gasteiger partial charge in [0.1, 0.15) is 11.5 Å². The number of ether oxygens (including phenoxy) is 2. The highest BCUT2D eigenvalue weighted by atomic mass is 35.5. The maximum Gasteiger partial charge on any atom is 0.123 e. The minimum Gasteiger partial charge on any atom is -0.493 e. The summed E-state index contributed by atoms with van der Waals surface area (Å²) in [7, 11) is 0. The van der Waals surface area contributed by atoms with Crippen molar-refractivity contribution in [1.82, 2.24) is 0 Å². The highest BCUT2D eigenvalue weighted by Crippen LogP contribution is 2.42. The molecule has 3 aromatic carbocycles. The van der Waals surface area contributed by atoms with E-state index >= 15 is 0 Å². The van der Waals surface area contributed by atoms with Crippen molar-refractivity contribution in [3.8, 4) is 11.5 Å². The number of halogens is 2. The van der Waals surface area contributed by atoms with Crippen LogP contribution in [0.5, 0.6) is 11.5 Å². The summed E-state index contributed by atoms with van der Waals surface area (Å²) in [5, 5.41) is 1.46. The largest absolute Gasteiger partial charge is 0.493 e. The van der Waals surface area contributed by atoms with Crippen molar-refractivity contribution in [2.24, 2.45) is 0 Å². The van der Waals surface area contributed by atoms with Crippen molar-refractivity contribution in [2.75, 3.05) is 13.2 Å². The third-order valence-corrected chi connectivity index (χ3v) is 13.3. The SMILES string of the molecule is CCCCCCCCCCCCCCCCCCOc1cc(OCCCCCCCCCCCCCCCCCC)cc(C(C)(c2ccc(Cl)cc2)c2ccc(Cl)cc2)c1. The normalized spacial score (nSPS) is 11.7. The van der Waals surface area contributed by atoms with Gasteiger partial charge in [-0.15, -0.1) is 0 Å². The first-order valence-electron chi connectivity index (χ1n) is 25.4. The molecule has 0 aliphatic heterocycles. The average Bonchev–Trinajstić information content (AvgIpc) is 3.26. The van der Waals surface area contributed by atoms with Crippen LogP contribution in [0.25, 0.3) is 0 Å². The number of hydrogen-bond donors (Lipinski definition) is 0. The van der Waals surface area contributed by atoms with E-state index in [0.29, 0.717) is 0 Å². The lowest BCUT2D eigenvalue weighted by Crippen LogP contribution is -2.25. The number of benzene rings is 3. The van der Waals surface area contributed by atoms with Gasteiger partial charge in [-0.1, -0.05) is 254 Å². The summed E-state index contributed by atoms with van der Waals surface area (Å²) in [4.78, 5) is 0. The number of unbranched alkanes of at least 4 members (excludes halogenated alkanes) is 30. The Morgan fingerprint density at radius 3 is 0.850 bits per heavy atom. The molecule has 0 saturated carbocycles. The fraction of sp³-hybridized carbons (Fsp3) is 0.679. The van der Waals surface area contributed by atoms with E-state index in [1.807, 2.05) is 24.3 Å². The molecular weight excluding hydrogens is 776 g/mol. The standard InChI is InChI=1S/C56H88Cl2O2/c1-4-6-8-10-12-14-16-18-20-22-24-26-28-30-32-34-44-59-54-46-51(56(3,49-36-40-52(57)41-37-49)50-38-42-53(58)43-39-50)47-55(48-54)60-45-35-33-31-29-27-25-23-21-19-17-15-13-11-9-7-5-2/h36-43,46-48H,4-35,44-45H2,1-3H3. The van der Waals surface area contributed by atoms with Crippen LogP contribution >= 0.6 is 23.2 Å². The smallest absolute Gasteiger partial charge is 0.123 e. The Morgan fingerprint density at radius 2 is 0.583 bits per heavy atom. The van der Waals surface area contributed by atoms with E-state index in [9.17, 15) is 0 Å². The summed E-state index contributed by atoms with van der Waals surface area (Å²) in [5.41, 5.74) is 2.99. The molecule has 4 heteroatoms. The van der Waals surface area contributed by atoms with Crippen LogP contribution in [0.15, 0.2) is 66.7 Å². The van der Waals surface area contributed by atoms with Gasteiger partial charge in [0.15, 0.2) is 0 Å². The Bertz CT molecular complexity index is 1330. The molecule has 0 spiro atoms. The minimum absolute atomic E-state index is 0.463. The molecular formula is C56H88Cl2O2. The van der Waals surface area contributed by atoms with Crippen molar-refractivity contribution in [1.29, 1.82) is 0 Å². The zero-order valence-electron chi connectivity index (χ0n) is 39.0. The van der Waals surface area contributed by atoms with Gasteiger partial charge in [0, 0.05) is 21.5 Å². The second-order valence-electron chi connectivity index (χ2n) is 18.1. The molecule has 0 fully saturated rings. The van der Waals surface area contributed by atoms with Crippen LogP contribution in [0.3, 0.4) is 0 Å². The molecule has 0 aromatic heterocycles. The van der Waals surface area contributed by atoms with Gasteiger partial charge >= 0.3 is 0 Å². The van der Waals surface area contributed by atoms with Gasteiger partial charge in [-0.2, -0.15) is 0 Å². The highest BCUT2D eigenvalue weighted by molar-refractivity contribution is 6.30. The molecule has 2 nitrogen and oxygen atoms in total. The Labute approximate surface area is 380 Å². The van der Waals surface area contributed by atoms with Gasteiger partial charge in [-0.25, -0.2) is 0 Å². The van der Waals surface area contributed by atoms with Crippen molar-refractivity contribution < 1.29 is 9.47 Å². The summed E-state index contributed by atoms with van der Waals surface area (Å²) in [6, 6.07) is 23.0. The molecule has 0 atom stereocenters. The molecule has 0 bridgehead atoms. The predicted octanol–water partition coefficient (Wildman–Crippen LogP) is 19.6. The minimum atomic E-state index is -0.463. The summed E-state index contributed by atoms with van der Waals surface area (Å²) in [5.74, 6) is 1.76. The number of hydrogen-bond acceptors (Lipinski definition) is 2. The van der Waals surface area contributed by atoms with Crippen molar-refractivity contribution in [2.45, 2.75) is 232 Å². The zero-order chi connectivity index (χ0) is 42.8. The van der Waals surface area contributed by atoms with Crippen molar-refractivity contribution in [3.05, 3.63) is 93.5 Å². The van der Waals surface area contributed by atoms with Crippen molar-refractivity contribution in [3.63, 3.8) is 0 Å². The molecule has 338 valence electrons. The van der Waals surface area contributed by atoms with Crippen LogP contribution in [0.2, 0.25) is 10.0 Å². The molecule has 0 N–H and O–H groups in total. The van der Waals surface area contributed by atoms with E-state index in [1.54, 1.807) is 0 Å². The summed E-state index contributed by atoms with van der Waals surface area (Å²) in [6.45, 7) is 8.32. The van der Waals surface area contributed by atoms with Gasteiger partial charge in [-0.05, 0) is 72.9 Å². The van der Waals surface area contributed by atoms with Crippen molar-refractivity contribution >= 4 is 23.2 Å². The topological polar surface area (TPSA) is 18.5 Å². The third kappa shape index (κ3) is 22.8. The summed E-state index contributed by atoms with van der Waals surface area (Å²) >= 11 is 12.8.